The number of rotatable bonds is 10. The van der Waals surface area contributed by atoms with Crippen LogP contribution in [0.15, 0.2) is 16.6 Å². The molecule has 1 aromatic carbocycles. The predicted octanol–water partition coefficient (Wildman–Crippen LogP) is 6.27. The third-order valence-electron chi connectivity index (χ3n) is 6.06. The lowest BCUT2D eigenvalue weighted by molar-refractivity contribution is -0.139. The molecule has 0 radical (unpaired) electrons. The highest BCUT2D eigenvalue weighted by Gasteiger charge is 2.28. The van der Waals surface area contributed by atoms with Crippen LogP contribution in [0.5, 0.6) is 5.75 Å². The number of hydrogen-bond acceptors (Lipinski definition) is 6. The molecule has 0 aliphatic heterocycles. The number of Topliss-reactive ketones (excluding diaryl/α,β-unsaturated/α-hetero) is 1. The zero-order valence-corrected chi connectivity index (χ0v) is 21.8. The van der Waals surface area contributed by atoms with Crippen LogP contribution in [0.4, 0.5) is 5.69 Å². The van der Waals surface area contributed by atoms with Crippen molar-refractivity contribution in [3.63, 3.8) is 0 Å². The molecular formula is C25H30BrNO6S. The van der Waals surface area contributed by atoms with Gasteiger partial charge in [0, 0.05) is 23.2 Å². The number of nitrogen functional groups attached to an aromatic ring is 1. The summed E-state index contributed by atoms with van der Waals surface area (Å²) in [5.41, 5.74) is 9.20. The summed E-state index contributed by atoms with van der Waals surface area (Å²) in [7, 11) is 0. The molecule has 0 saturated heterocycles. The summed E-state index contributed by atoms with van der Waals surface area (Å²) in [5, 5.41) is 18.6. The maximum Gasteiger partial charge on any atom is 0.349 e. The molecule has 184 valence electrons. The van der Waals surface area contributed by atoms with Crippen LogP contribution in [0, 0.1) is 11.8 Å². The normalized spacial score (nSPS) is 14.4. The molecule has 0 amide bonds. The second kappa shape index (κ2) is 11.4. The number of ketones is 1. The van der Waals surface area contributed by atoms with Gasteiger partial charge in [-0.25, -0.2) is 9.59 Å². The van der Waals surface area contributed by atoms with E-state index in [2.05, 4.69) is 15.9 Å². The maximum atomic E-state index is 13.1. The van der Waals surface area contributed by atoms with E-state index in [0.717, 1.165) is 29.7 Å². The molecule has 0 unspecified atom stereocenters. The van der Waals surface area contributed by atoms with Gasteiger partial charge in [0.2, 0.25) is 0 Å². The van der Waals surface area contributed by atoms with Gasteiger partial charge in [0.05, 0.1) is 9.35 Å². The van der Waals surface area contributed by atoms with E-state index in [1.165, 1.54) is 19.3 Å². The van der Waals surface area contributed by atoms with Crippen molar-refractivity contribution in [2.45, 2.75) is 58.8 Å². The van der Waals surface area contributed by atoms with Gasteiger partial charge in [0.1, 0.15) is 0 Å². The van der Waals surface area contributed by atoms with E-state index in [0.29, 0.717) is 44.9 Å². The molecule has 1 aliphatic carbocycles. The number of hydrogen-bond donors (Lipinski definition) is 3. The number of thiophene rings is 1. The third kappa shape index (κ3) is 5.99. The molecule has 0 bridgehead atoms. The molecular weight excluding hydrogens is 522 g/mol. The Balaban J connectivity index is 2.10. The molecule has 7 nitrogen and oxygen atoms in total. The minimum atomic E-state index is -1.22. The van der Waals surface area contributed by atoms with Crippen molar-refractivity contribution in [2.24, 2.45) is 11.8 Å². The van der Waals surface area contributed by atoms with Crippen LogP contribution in [-0.4, -0.2) is 34.5 Å². The van der Waals surface area contributed by atoms with Crippen molar-refractivity contribution < 1.29 is 29.3 Å². The Hall–Kier alpha value is -2.39. The van der Waals surface area contributed by atoms with Crippen molar-refractivity contribution in [2.75, 3.05) is 12.3 Å². The second-order valence-electron chi connectivity index (χ2n) is 9.17. The van der Waals surface area contributed by atoms with E-state index in [4.69, 9.17) is 15.6 Å². The number of benzene rings is 1. The van der Waals surface area contributed by atoms with Crippen LogP contribution >= 0.6 is 27.3 Å². The van der Waals surface area contributed by atoms with E-state index < -0.39 is 18.5 Å². The van der Waals surface area contributed by atoms with Gasteiger partial charge >= 0.3 is 11.9 Å². The number of aliphatic carboxylic acids is 1. The average molecular weight is 552 g/mol. The molecule has 3 rings (SSSR count). The monoisotopic (exact) mass is 551 g/mol. The molecule has 9 heteroatoms. The third-order valence-corrected chi connectivity index (χ3v) is 8.27. The molecule has 1 heterocycles. The lowest BCUT2D eigenvalue weighted by atomic mass is 9.81. The number of halogens is 1. The molecule has 1 saturated carbocycles. The van der Waals surface area contributed by atoms with Gasteiger partial charge in [-0.15, -0.1) is 11.3 Å². The van der Waals surface area contributed by atoms with Gasteiger partial charge in [-0.1, -0.05) is 58.1 Å². The molecule has 2 aromatic rings. The average Bonchev–Trinajstić information content (AvgIpc) is 3.10. The van der Waals surface area contributed by atoms with Gasteiger partial charge in [0.15, 0.2) is 23.0 Å². The SMILES string of the molecule is CC(C)CC(=O)c1ccc(-c2sc(C(=O)O)c(OCC(=O)O)c2Br)c(N)c1CC1CCCCC1. The standard InChI is InChI=1S/C25H30BrNO6S/c1-13(2)10-18(28)15-8-9-16(21(27)17(15)11-14-6-4-3-5-7-14)23-20(26)22(33-12-19(29)30)24(34-23)25(31)32/h8-9,13-14H,3-7,10-12,27H2,1-2H3,(H,29,30)(H,31,32). The van der Waals surface area contributed by atoms with Crippen LogP contribution in [0.25, 0.3) is 10.4 Å². The topological polar surface area (TPSA) is 127 Å². The first-order valence-electron chi connectivity index (χ1n) is 11.4. The summed E-state index contributed by atoms with van der Waals surface area (Å²) in [6.45, 7) is 3.34. The van der Waals surface area contributed by atoms with Crippen LogP contribution in [0.3, 0.4) is 0 Å². The van der Waals surface area contributed by atoms with Gasteiger partial charge in [-0.2, -0.15) is 0 Å². The first-order valence-corrected chi connectivity index (χ1v) is 13.1. The highest BCUT2D eigenvalue weighted by Crippen LogP contribution is 2.48. The van der Waals surface area contributed by atoms with Crippen LogP contribution in [0.1, 0.15) is 78.0 Å². The Morgan fingerprint density at radius 3 is 2.44 bits per heavy atom. The lowest BCUT2D eigenvalue weighted by Crippen LogP contribution is -2.15. The fourth-order valence-electron chi connectivity index (χ4n) is 4.48. The Kier molecular flexibility index (Phi) is 8.76. The predicted molar refractivity (Wildman–Crippen MR) is 136 cm³/mol. The summed E-state index contributed by atoms with van der Waals surface area (Å²) in [6, 6.07) is 3.54. The van der Waals surface area contributed by atoms with E-state index in [1.807, 2.05) is 13.8 Å². The van der Waals surface area contributed by atoms with E-state index in [-0.39, 0.29) is 22.3 Å². The van der Waals surface area contributed by atoms with Crippen molar-refractivity contribution >= 4 is 50.7 Å². The number of nitrogens with two attached hydrogens (primary N) is 1. The highest BCUT2D eigenvalue weighted by molar-refractivity contribution is 9.10. The number of carboxylic acids is 2. The highest BCUT2D eigenvalue weighted by atomic mass is 79.9. The molecule has 0 spiro atoms. The lowest BCUT2D eigenvalue weighted by Gasteiger charge is -2.24. The van der Waals surface area contributed by atoms with E-state index in [9.17, 15) is 19.5 Å². The Labute approximate surface area is 211 Å². The molecule has 4 N–H and O–H groups in total. The summed E-state index contributed by atoms with van der Waals surface area (Å²) < 4.78 is 5.62. The van der Waals surface area contributed by atoms with Crippen molar-refractivity contribution in [3.8, 4) is 16.2 Å². The minimum Gasteiger partial charge on any atom is -0.479 e. The largest absolute Gasteiger partial charge is 0.479 e. The quantitative estimate of drug-likeness (QED) is 0.234. The van der Waals surface area contributed by atoms with Gasteiger partial charge in [0.25, 0.3) is 0 Å². The van der Waals surface area contributed by atoms with Gasteiger partial charge in [-0.3, -0.25) is 4.79 Å². The van der Waals surface area contributed by atoms with Gasteiger partial charge < -0.3 is 20.7 Å². The number of aromatic carboxylic acids is 1. The van der Waals surface area contributed by atoms with Crippen LogP contribution < -0.4 is 10.5 Å². The van der Waals surface area contributed by atoms with E-state index >= 15 is 0 Å². The fraction of sp³-hybridized carbons (Fsp3) is 0.480. The van der Waals surface area contributed by atoms with Gasteiger partial charge in [-0.05, 0) is 39.8 Å². The number of carbonyl (C=O) groups excluding carboxylic acids is 1. The van der Waals surface area contributed by atoms with Crippen molar-refractivity contribution in [3.05, 3.63) is 32.6 Å². The molecule has 34 heavy (non-hydrogen) atoms. The first-order chi connectivity index (χ1) is 16.1. The minimum absolute atomic E-state index is 0.0388. The molecule has 1 aromatic heterocycles. The maximum absolute atomic E-state index is 13.1. The zero-order chi connectivity index (χ0) is 25.0. The number of anilines is 1. The number of carboxylic acid groups (broad SMARTS) is 2. The zero-order valence-electron chi connectivity index (χ0n) is 19.4. The van der Waals surface area contributed by atoms with Crippen LogP contribution in [-0.2, 0) is 11.2 Å². The number of carbonyl (C=O) groups is 3. The van der Waals surface area contributed by atoms with Crippen molar-refractivity contribution in [1.82, 2.24) is 0 Å². The smallest absolute Gasteiger partial charge is 0.349 e. The Bertz CT molecular complexity index is 1090. The Morgan fingerprint density at radius 1 is 1.18 bits per heavy atom. The number of ether oxygens (including phenoxy) is 1. The summed E-state index contributed by atoms with van der Waals surface area (Å²) in [4.78, 5) is 36.3. The van der Waals surface area contributed by atoms with Crippen LogP contribution in [0.2, 0.25) is 0 Å². The van der Waals surface area contributed by atoms with Crippen molar-refractivity contribution in [1.29, 1.82) is 0 Å². The first kappa shape index (κ1) is 26.2. The molecule has 1 fully saturated rings. The fourth-order valence-corrected chi connectivity index (χ4v) is 6.39. The molecule has 0 atom stereocenters. The van der Waals surface area contributed by atoms with E-state index in [1.54, 1.807) is 12.1 Å². The summed E-state index contributed by atoms with van der Waals surface area (Å²) in [6.07, 6.45) is 6.89. The summed E-state index contributed by atoms with van der Waals surface area (Å²) in [5.74, 6) is -1.74. The second-order valence-corrected chi connectivity index (χ2v) is 11.0. The summed E-state index contributed by atoms with van der Waals surface area (Å²) >= 11 is 4.36. The Morgan fingerprint density at radius 2 is 1.85 bits per heavy atom. The molecule has 1 aliphatic rings.